The molecule has 100 valence electrons. The molecular weight excluding hydrogens is 220 g/mol. The van der Waals surface area contributed by atoms with Gasteiger partial charge in [-0.3, -0.25) is 9.59 Å². The van der Waals surface area contributed by atoms with Crippen molar-refractivity contribution < 1.29 is 14.7 Å². The lowest BCUT2D eigenvalue weighted by Crippen LogP contribution is -2.42. The number of hydrogen-bond donors (Lipinski definition) is 2. The molecule has 5 nitrogen and oxygen atoms in total. The number of nitrogens with zero attached hydrogens (tertiary/aromatic N) is 1. The highest BCUT2D eigenvalue weighted by Crippen LogP contribution is 2.06. The van der Waals surface area contributed by atoms with Crippen molar-refractivity contribution in [2.24, 2.45) is 11.8 Å². The van der Waals surface area contributed by atoms with E-state index >= 15 is 0 Å². The lowest BCUT2D eigenvalue weighted by atomic mass is 10.1. The van der Waals surface area contributed by atoms with Gasteiger partial charge in [-0.15, -0.1) is 0 Å². The van der Waals surface area contributed by atoms with Crippen LogP contribution in [0.3, 0.4) is 0 Å². The molecule has 1 amide bonds. The van der Waals surface area contributed by atoms with Gasteiger partial charge in [0.05, 0.1) is 5.92 Å². The lowest BCUT2D eigenvalue weighted by molar-refractivity contribution is -0.143. The van der Waals surface area contributed by atoms with Crippen LogP contribution in [0, 0.1) is 11.8 Å². The van der Waals surface area contributed by atoms with Crippen LogP contribution in [-0.2, 0) is 9.59 Å². The number of rotatable bonds is 8. The van der Waals surface area contributed by atoms with Crippen molar-refractivity contribution >= 4 is 11.9 Å². The molecule has 0 aliphatic heterocycles. The normalized spacial score (nSPS) is 14.1. The fourth-order valence-corrected chi connectivity index (χ4v) is 1.54. The second-order valence-electron chi connectivity index (χ2n) is 4.32. The number of nitrogens with one attached hydrogen (secondary N) is 1. The summed E-state index contributed by atoms with van der Waals surface area (Å²) < 4.78 is 0. The minimum absolute atomic E-state index is 0.0153. The van der Waals surface area contributed by atoms with Gasteiger partial charge in [-0.1, -0.05) is 20.8 Å². The highest BCUT2D eigenvalue weighted by Gasteiger charge is 2.22. The molecule has 0 spiro atoms. The number of carbonyl (C=O) groups excluding carboxylic acids is 1. The molecule has 0 aliphatic rings. The number of aliphatic carboxylic acids is 1. The van der Waals surface area contributed by atoms with Gasteiger partial charge in [0.25, 0.3) is 0 Å². The van der Waals surface area contributed by atoms with Crippen molar-refractivity contribution in [1.29, 1.82) is 0 Å². The molecule has 0 fully saturated rings. The fraction of sp³-hybridized carbons (Fsp3) is 0.833. The van der Waals surface area contributed by atoms with E-state index < -0.39 is 11.9 Å². The van der Waals surface area contributed by atoms with Crippen molar-refractivity contribution in [3.8, 4) is 0 Å². The molecule has 0 heterocycles. The molecular formula is C12H24N2O3. The summed E-state index contributed by atoms with van der Waals surface area (Å²) in [7, 11) is 0. The molecule has 0 saturated heterocycles. The molecule has 0 saturated carbocycles. The van der Waals surface area contributed by atoms with Gasteiger partial charge >= 0.3 is 5.97 Å². The van der Waals surface area contributed by atoms with E-state index in [-0.39, 0.29) is 18.4 Å². The minimum Gasteiger partial charge on any atom is -0.481 e. The van der Waals surface area contributed by atoms with Gasteiger partial charge in [0.15, 0.2) is 0 Å². The molecule has 0 radical (unpaired) electrons. The van der Waals surface area contributed by atoms with Crippen LogP contribution in [0.5, 0.6) is 0 Å². The van der Waals surface area contributed by atoms with Gasteiger partial charge in [0.1, 0.15) is 0 Å². The van der Waals surface area contributed by atoms with Gasteiger partial charge in [-0.05, 0) is 13.5 Å². The number of amides is 1. The number of carboxylic acids is 1. The number of carboxylic acid groups (broad SMARTS) is 1. The van der Waals surface area contributed by atoms with Crippen LogP contribution in [0.4, 0.5) is 0 Å². The van der Waals surface area contributed by atoms with Gasteiger partial charge in [0, 0.05) is 25.6 Å². The predicted octanol–water partition coefficient (Wildman–Crippen LogP) is 0.801. The monoisotopic (exact) mass is 244 g/mol. The molecule has 2 unspecified atom stereocenters. The van der Waals surface area contributed by atoms with E-state index in [1.165, 1.54) is 0 Å². The summed E-state index contributed by atoms with van der Waals surface area (Å²) in [5.74, 6) is -1.49. The maximum atomic E-state index is 12.0. The van der Waals surface area contributed by atoms with E-state index in [2.05, 4.69) is 5.32 Å². The third-order valence-electron chi connectivity index (χ3n) is 2.73. The summed E-state index contributed by atoms with van der Waals surface area (Å²) >= 11 is 0. The average molecular weight is 244 g/mol. The van der Waals surface area contributed by atoms with Gasteiger partial charge in [0.2, 0.25) is 5.91 Å². The molecule has 0 rings (SSSR count). The van der Waals surface area contributed by atoms with Crippen molar-refractivity contribution in [2.75, 3.05) is 26.2 Å². The van der Waals surface area contributed by atoms with Crippen LogP contribution in [0.2, 0.25) is 0 Å². The molecule has 2 N–H and O–H groups in total. The Morgan fingerprint density at radius 1 is 1.24 bits per heavy atom. The largest absolute Gasteiger partial charge is 0.481 e. The summed E-state index contributed by atoms with van der Waals surface area (Å²) in [5, 5.41) is 12.0. The Morgan fingerprint density at radius 3 is 2.24 bits per heavy atom. The minimum atomic E-state index is -0.865. The number of carbonyl (C=O) groups is 2. The van der Waals surface area contributed by atoms with Crippen LogP contribution < -0.4 is 5.32 Å². The zero-order chi connectivity index (χ0) is 13.4. The molecule has 0 bridgehead atoms. The Morgan fingerprint density at radius 2 is 1.82 bits per heavy atom. The van der Waals surface area contributed by atoms with Crippen molar-refractivity contribution in [3.05, 3.63) is 0 Å². The smallest absolute Gasteiger partial charge is 0.308 e. The average Bonchev–Trinajstić information content (AvgIpc) is 2.31. The molecule has 0 aliphatic carbocycles. The standard InChI is InChI=1S/C12H24N2O3/c1-5-13-7-9(3)11(15)14(6-2)8-10(4)12(16)17/h9-10,13H,5-8H2,1-4H3,(H,16,17). The molecule has 0 aromatic carbocycles. The van der Waals surface area contributed by atoms with Crippen LogP contribution in [0.1, 0.15) is 27.7 Å². The van der Waals surface area contributed by atoms with E-state index in [1.54, 1.807) is 11.8 Å². The third kappa shape index (κ3) is 5.68. The fourth-order valence-electron chi connectivity index (χ4n) is 1.54. The lowest BCUT2D eigenvalue weighted by Gasteiger charge is -2.26. The highest BCUT2D eigenvalue weighted by atomic mass is 16.4. The molecule has 17 heavy (non-hydrogen) atoms. The second-order valence-corrected chi connectivity index (χ2v) is 4.32. The van der Waals surface area contributed by atoms with Crippen molar-refractivity contribution in [3.63, 3.8) is 0 Å². The summed E-state index contributed by atoms with van der Waals surface area (Å²) in [5.41, 5.74) is 0. The summed E-state index contributed by atoms with van der Waals surface area (Å²) in [6.45, 7) is 9.62. The SMILES string of the molecule is CCNCC(C)C(=O)N(CC)CC(C)C(=O)O. The Hall–Kier alpha value is -1.10. The first-order valence-electron chi connectivity index (χ1n) is 6.16. The zero-order valence-electron chi connectivity index (χ0n) is 11.2. The highest BCUT2D eigenvalue weighted by molar-refractivity contribution is 5.79. The van der Waals surface area contributed by atoms with Crippen LogP contribution in [0.25, 0.3) is 0 Å². The van der Waals surface area contributed by atoms with Crippen molar-refractivity contribution in [1.82, 2.24) is 10.2 Å². The first-order chi connectivity index (χ1) is 7.93. The van der Waals surface area contributed by atoms with Crippen LogP contribution in [-0.4, -0.2) is 48.1 Å². The van der Waals surface area contributed by atoms with E-state index in [0.29, 0.717) is 13.1 Å². The third-order valence-corrected chi connectivity index (χ3v) is 2.73. The Balaban J connectivity index is 4.34. The summed E-state index contributed by atoms with van der Waals surface area (Å²) in [6.07, 6.45) is 0. The summed E-state index contributed by atoms with van der Waals surface area (Å²) in [4.78, 5) is 24.4. The van der Waals surface area contributed by atoms with Crippen molar-refractivity contribution in [2.45, 2.75) is 27.7 Å². The Kier molecular flexibility index (Phi) is 7.54. The first kappa shape index (κ1) is 15.9. The maximum Gasteiger partial charge on any atom is 0.308 e. The van der Waals surface area contributed by atoms with Gasteiger partial charge < -0.3 is 15.3 Å². The van der Waals surface area contributed by atoms with E-state index in [9.17, 15) is 9.59 Å². The van der Waals surface area contributed by atoms with E-state index in [1.807, 2.05) is 20.8 Å². The topological polar surface area (TPSA) is 69.6 Å². The zero-order valence-corrected chi connectivity index (χ0v) is 11.2. The first-order valence-corrected chi connectivity index (χ1v) is 6.16. The summed E-state index contributed by atoms with van der Waals surface area (Å²) in [6, 6.07) is 0. The number of hydrogen-bond acceptors (Lipinski definition) is 3. The molecule has 0 aromatic heterocycles. The Bertz CT molecular complexity index is 256. The van der Waals surface area contributed by atoms with E-state index in [4.69, 9.17) is 5.11 Å². The molecule has 5 heteroatoms. The van der Waals surface area contributed by atoms with Gasteiger partial charge in [-0.25, -0.2) is 0 Å². The predicted molar refractivity (Wildman–Crippen MR) is 66.8 cm³/mol. The van der Waals surface area contributed by atoms with Gasteiger partial charge in [-0.2, -0.15) is 0 Å². The van der Waals surface area contributed by atoms with Crippen LogP contribution in [0.15, 0.2) is 0 Å². The van der Waals surface area contributed by atoms with Crippen LogP contribution >= 0.6 is 0 Å². The molecule has 0 aromatic rings. The van der Waals surface area contributed by atoms with E-state index in [0.717, 1.165) is 6.54 Å². The quantitative estimate of drug-likeness (QED) is 0.662. The second kappa shape index (κ2) is 8.06. The molecule has 2 atom stereocenters. The maximum absolute atomic E-state index is 12.0. The Labute approximate surface area is 103 Å².